The molecule has 1 rings (SSSR count). The average molecular weight is 229 g/mol. The number of unbranched alkanes of at least 4 members (excludes halogenated alkanes) is 3. The van der Waals surface area contributed by atoms with Crippen molar-refractivity contribution in [3.63, 3.8) is 0 Å². The molecule has 0 aromatic carbocycles. The lowest BCUT2D eigenvalue weighted by molar-refractivity contribution is 0.679. The summed E-state index contributed by atoms with van der Waals surface area (Å²) in [4.78, 5) is 0. The molecule has 0 aliphatic carbocycles. The van der Waals surface area contributed by atoms with Crippen molar-refractivity contribution in [1.29, 1.82) is 0 Å². The van der Waals surface area contributed by atoms with E-state index in [2.05, 4.69) is 27.1 Å². The van der Waals surface area contributed by atoms with Crippen LogP contribution in [0.3, 0.4) is 0 Å². The van der Waals surface area contributed by atoms with E-state index in [1.165, 1.54) is 31.4 Å². The number of nitrogens with one attached hydrogen (secondary N) is 1. The molecule has 6 heteroatoms. The Kier molecular flexibility index (Phi) is 6.15. The van der Waals surface area contributed by atoms with Crippen LogP contribution in [0.4, 0.5) is 5.95 Å². The van der Waals surface area contributed by atoms with Crippen LogP contribution < -0.4 is 5.32 Å². The maximum Gasteiger partial charge on any atom is 0.242 e. The summed E-state index contributed by atoms with van der Waals surface area (Å²) in [7, 11) is 1.83. The van der Waals surface area contributed by atoms with Crippen LogP contribution in [0.1, 0.15) is 25.7 Å². The maximum atomic E-state index is 3.85. The lowest BCUT2D eigenvalue weighted by atomic mass is 10.2. The van der Waals surface area contributed by atoms with Crippen molar-refractivity contribution in [2.24, 2.45) is 7.05 Å². The Morgan fingerprint density at radius 1 is 1.27 bits per heavy atom. The van der Waals surface area contributed by atoms with Crippen LogP contribution >= 0.6 is 11.8 Å². The number of hydrogen-bond donors (Lipinski definition) is 1. The van der Waals surface area contributed by atoms with E-state index in [0.29, 0.717) is 0 Å². The number of nitrogens with zero attached hydrogens (tertiary/aromatic N) is 4. The van der Waals surface area contributed by atoms with Crippen LogP contribution in [-0.2, 0) is 7.05 Å². The minimum absolute atomic E-state index is 0.749. The summed E-state index contributed by atoms with van der Waals surface area (Å²) >= 11 is 1.92. The van der Waals surface area contributed by atoms with Crippen molar-refractivity contribution in [3.05, 3.63) is 0 Å². The summed E-state index contributed by atoms with van der Waals surface area (Å²) < 4.78 is 1.65. The Labute approximate surface area is 95.0 Å². The van der Waals surface area contributed by atoms with Crippen LogP contribution in [-0.4, -0.2) is 38.8 Å². The molecule has 0 radical (unpaired) electrons. The van der Waals surface area contributed by atoms with Crippen molar-refractivity contribution >= 4 is 17.7 Å². The summed E-state index contributed by atoms with van der Waals surface area (Å²) in [5.41, 5.74) is 0. The molecule has 1 N–H and O–H groups in total. The zero-order valence-electron chi connectivity index (χ0n) is 9.44. The van der Waals surface area contributed by atoms with Crippen molar-refractivity contribution in [2.45, 2.75) is 25.7 Å². The average Bonchev–Trinajstić information content (AvgIpc) is 2.63. The molecule has 0 spiro atoms. The van der Waals surface area contributed by atoms with Gasteiger partial charge in [-0.3, -0.25) is 0 Å². The third-order valence-electron chi connectivity index (χ3n) is 2.18. The van der Waals surface area contributed by atoms with Crippen LogP contribution in [0, 0.1) is 0 Å². The highest BCUT2D eigenvalue weighted by Gasteiger charge is 1.98. The summed E-state index contributed by atoms with van der Waals surface area (Å²) in [6, 6.07) is 0. The van der Waals surface area contributed by atoms with E-state index in [1.807, 2.05) is 18.8 Å². The minimum atomic E-state index is 0.749. The van der Waals surface area contributed by atoms with E-state index >= 15 is 0 Å². The molecule has 0 aliphatic heterocycles. The molecule has 1 aromatic rings. The first-order valence-corrected chi connectivity index (χ1v) is 6.69. The fourth-order valence-electron chi connectivity index (χ4n) is 1.30. The second-order valence-corrected chi connectivity index (χ2v) is 4.45. The number of aromatic nitrogens is 4. The fraction of sp³-hybridized carbons (Fsp3) is 0.889. The van der Waals surface area contributed by atoms with Gasteiger partial charge in [-0.25, -0.2) is 4.68 Å². The maximum absolute atomic E-state index is 3.85. The van der Waals surface area contributed by atoms with Gasteiger partial charge in [0.2, 0.25) is 5.95 Å². The van der Waals surface area contributed by atoms with Crippen LogP contribution in [0.25, 0.3) is 0 Å². The first-order valence-electron chi connectivity index (χ1n) is 5.29. The molecule has 1 heterocycles. The molecular formula is C9H19N5S. The molecule has 0 aliphatic rings. The first-order chi connectivity index (χ1) is 7.34. The molecule has 5 nitrogen and oxygen atoms in total. The Morgan fingerprint density at radius 2 is 2.07 bits per heavy atom. The molecule has 0 unspecified atom stereocenters. The van der Waals surface area contributed by atoms with Crippen LogP contribution in [0.15, 0.2) is 0 Å². The van der Waals surface area contributed by atoms with Crippen molar-refractivity contribution in [1.82, 2.24) is 20.2 Å². The Bertz CT molecular complexity index is 263. The number of rotatable bonds is 8. The van der Waals surface area contributed by atoms with Crippen LogP contribution in [0.5, 0.6) is 0 Å². The van der Waals surface area contributed by atoms with Crippen molar-refractivity contribution in [3.8, 4) is 0 Å². The normalized spacial score (nSPS) is 10.5. The van der Waals surface area contributed by atoms with Gasteiger partial charge in [0.05, 0.1) is 0 Å². The topological polar surface area (TPSA) is 55.6 Å². The van der Waals surface area contributed by atoms with Gasteiger partial charge < -0.3 is 5.32 Å². The second-order valence-electron chi connectivity index (χ2n) is 3.46. The van der Waals surface area contributed by atoms with E-state index in [0.717, 1.165) is 12.5 Å². The predicted molar refractivity (Wildman–Crippen MR) is 64.1 cm³/mol. The molecule has 0 amide bonds. The number of tetrazole rings is 1. The summed E-state index contributed by atoms with van der Waals surface area (Å²) in [5.74, 6) is 2.03. The van der Waals surface area contributed by atoms with E-state index in [-0.39, 0.29) is 0 Å². The number of thioether (sulfide) groups is 1. The Morgan fingerprint density at radius 3 is 2.73 bits per heavy atom. The van der Waals surface area contributed by atoms with Gasteiger partial charge in [0.1, 0.15) is 0 Å². The number of hydrogen-bond acceptors (Lipinski definition) is 5. The van der Waals surface area contributed by atoms with Crippen molar-refractivity contribution < 1.29 is 0 Å². The fourth-order valence-corrected chi connectivity index (χ4v) is 1.80. The van der Waals surface area contributed by atoms with E-state index in [9.17, 15) is 0 Å². The minimum Gasteiger partial charge on any atom is -0.353 e. The molecule has 86 valence electrons. The molecule has 0 fully saturated rings. The highest BCUT2D eigenvalue weighted by atomic mass is 32.2. The molecule has 0 saturated heterocycles. The highest BCUT2D eigenvalue weighted by Crippen LogP contribution is 2.05. The smallest absolute Gasteiger partial charge is 0.242 e. The number of anilines is 1. The third-order valence-corrected chi connectivity index (χ3v) is 2.88. The monoisotopic (exact) mass is 229 g/mol. The summed E-state index contributed by atoms with van der Waals surface area (Å²) in [6.07, 6.45) is 7.26. The van der Waals surface area contributed by atoms with Gasteiger partial charge in [0.25, 0.3) is 0 Å². The van der Waals surface area contributed by atoms with Gasteiger partial charge in [0, 0.05) is 13.6 Å². The summed E-state index contributed by atoms with van der Waals surface area (Å²) in [6.45, 7) is 0.952. The Balaban J connectivity index is 1.96. The van der Waals surface area contributed by atoms with E-state index in [4.69, 9.17) is 0 Å². The lowest BCUT2D eigenvalue weighted by Crippen LogP contribution is -2.07. The van der Waals surface area contributed by atoms with Gasteiger partial charge in [-0.15, -0.1) is 0 Å². The van der Waals surface area contributed by atoms with E-state index in [1.54, 1.807) is 4.68 Å². The van der Waals surface area contributed by atoms with Gasteiger partial charge in [-0.1, -0.05) is 17.9 Å². The second kappa shape index (κ2) is 7.50. The van der Waals surface area contributed by atoms with Crippen LogP contribution in [0.2, 0.25) is 0 Å². The molecule has 0 bridgehead atoms. The van der Waals surface area contributed by atoms with Gasteiger partial charge in [-0.2, -0.15) is 11.8 Å². The zero-order valence-corrected chi connectivity index (χ0v) is 10.3. The SMILES string of the molecule is CSCCCCCCNc1nnnn1C. The van der Waals surface area contributed by atoms with Gasteiger partial charge in [0.15, 0.2) is 0 Å². The largest absolute Gasteiger partial charge is 0.353 e. The highest BCUT2D eigenvalue weighted by molar-refractivity contribution is 7.98. The lowest BCUT2D eigenvalue weighted by Gasteiger charge is -2.03. The molecule has 1 aromatic heterocycles. The zero-order chi connectivity index (χ0) is 10.9. The first kappa shape index (κ1) is 12.3. The van der Waals surface area contributed by atoms with Gasteiger partial charge >= 0.3 is 0 Å². The molecule has 0 saturated carbocycles. The van der Waals surface area contributed by atoms with Crippen molar-refractivity contribution in [2.75, 3.05) is 23.9 Å². The Hall–Kier alpha value is -0.780. The van der Waals surface area contributed by atoms with E-state index < -0.39 is 0 Å². The predicted octanol–water partition coefficient (Wildman–Crippen LogP) is 1.55. The molecular weight excluding hydrogens is 210 g/mol. The number of aryl methyl sites for hydroxylation is 1. The molecule has 0 atom stereocenters. The van der Waals surface area contributed by atoms with Gasteiger partial charge in [-0.05, 0) is 35.3 Å². The quantitative estimate of drug-likeness (QED) is 0.685. The standard InChI is InChI=1S/C9H19N5S/c1-14-9(11-12-13-14)10-7-5-3-4-6-8-15-2/h3-8H2,1-2H3,(H,10,11,13). The summed E-state index contributed by atoms with van der Waals surface area (Å²) in [5, 5.41) is 14.4. The third kappa shape index (κ3) is 5.01. The molecule has 15 heavy (non-hydrogen) atoms.